The largest absolute Gasteiger partial charge is 0.334 e. The first-order chi connectivity index (χ1) is 14.6. The van der Waals surface area contributed by atoms with E-state index in [0.717, 1.165) is 54.7 Å². The summed E-state index contributed by atoms with van der Waals surface area (Å²) in [5.41, 5.74) is 3.89. The van der Waals surface area contributed by atoms with Crippen LogP contribution >= 0.6 is 11.8 Å². The Bertz CT molecular complexity index is 1060. The third-order valence-corrected chi connectivity index (χ3v) is 6.15. The van der Waals surface area contributed by atoms with Gasteiger partial charge in [-0.25, -0.2) is 9.78 Å². The second-order valence-corrected chi connectivity index (χ2v) is 8.41. The van der Waals surface area contributed by atoms with Crippen LogP contribution in [0.25, 0.3) is 11.0 Å². The fourth-order valence-corrected chi connectivity index (χ4v) is 4.71. The molecule has 3 aromatic rings. The molecule has 1 aliphatic rings. The molecule has 0 saturated carbocycles. The third kappa shape index (κ3) is 4.51. The Hall–Kier alpha value is -2.80. The summed E-state index contributed by atoms with van der Waals surface area (Å²) in [6, 6.07) is 15.8. The maximum atomic E-state index is 12.7. The van der Waals surface area contributed by atoms with E-state index in [1.165, 1.54) is 17.2 Å². The highest BCUT2D eigenvalue weighted by Gasteiger charge is 2.21. The highest BCUT2D eigenvalue weighted by atomic mass is 32.2. The fraction of sp³-hybridized carbons (Fsp3) is 0.348. The van der Waals surface area contributed by atoms with E-state index in [0.29, 0.717) is 11.6 Å². The Kier molecular flexibility index (Phi) is 6.38. The maximum Gasteiger partial charge on any atom is 0.329 e. The minimum Gasteiger partial charge on any atom is -0.334 e. The van der Waals surface area contributed by atoms with Crippen molar-refractivity contribution in [3.8, 4) is 0 Å². The summed E-state index contributed by atoms with van der Waals surface area (Å²) in [6.07, 6.45) is 4.30. The molecule has 1 aliphatic heterocycles. The van der Waals surface area contributed by atoms with Gasteiger partial charge in [0.2, 0.25) is 11.1 Å². The Labute approximate surface area is 180 Å². The van der Waals surface area contributed by atoms with Crippen LogP contribution in [0.2, 0.25) is 0 Å². The first kappa shape index (κ1) is 20.5. The number of amides is 1. The predicted octanol–water partition coefficient (Wildman–Crippen LogP) is 4.25. The van der Waals surface area contributed by atoms with Crippen LogP contribution in [0.5, 0.6) is 0 Å². The second kappa shape index (κ2) is 9.34. The van der Waals surface area contributed by atoms with Crippen LogP contribution < -0.4 is 9.74 Å². The van der Waals surface area contributed by atoms with Crippen LogP contribution in [0.15, 0.2) is 53.7 Å². The second-order valence-electron chi connectivity index (χ2n) is 7.34. The molecular formula is C23H25N3O3S. The Morgan fingerprint density at radius 1 is 1.10 bits per heavy atom. The summed E-state index contributed by atoms with van der Waals surface area (Å²) in [6.45, 7) is 2.19. The number of carbonyl (C=O) groups excluding carboxylic acids is 2. The van der Waals surface area contributed by atoms with Crippen molar-refractivity contribution in [1.82, 2.24) is 9.71 Å². The van der Waals surface area contributed by atoms with Crippen molar-refractivity contribution in [2.45, 2.75) is 44.2 Å². The maximum absolute atomic E-state index is 12.7. The molecule has 0 radical (unpaired) electrons. The smallest absolute Gasteiger partial charge is 0.329 e. The number of nitrogens with zero attached hydrogens (tertiary/aromatic N) is 3. The summed E-state index contributed by atoms with van der Waals surface area (Å²) >= 11 is 1.54. The average molecular weight is 424 g/mol. The lowest BCUT2D eigenvalue weighted by atomic mass is 10.0. The molecule has 0 fully saturated rings. The number of benzene rings is 2. The predicted molar refractivity (Wildman–Crippen MR) is 119 cm³/mol. The van der Waals surface area contributed by atoms with Gasteiger partial charge in [-0.3, -0.25) is 4.79 Å². The van der Waals surface area contributed by atoms with Crippen LogP contribution in [-0.2, 0) is 16.0 Å². The topological polar surface area (TPSA) is 64.4 Å². The molecular weight excluding hydrogens is 398 g/mol. The lowest BCUT2D eigenvalue weighted by Gasteiger charge is -2.29. The lowest BCUT2D eigenvalue weighted by Crippen LogP contribution is -2.35. The van der Waals surface area contributed by atoms with Gasteiger partial charge in [0.25, 0.3) is 0 Å². The number of thioether (sulfide) groups is 1. The minimum atomic E-state index is -0.382. The number of para-hydroxylation sites is 3. The van der Waals surface area contributed by atoms with Crippen molar-refractivity contribution in [2.75, 3.05) is 17.2 Å². The lowest BCUT2D eigenvalue weighted by molar-refractivity contribution is -0.142. The molecule has 0 aliphatic carbocycles. The van der Waals surface area contributed by atoms with Crippen LogP contribution in [0.4, 0.5) is 5.69 Å². The van der Waals surface area contributed by atoms with E-state index in [4.69, 9.17) is 4.84 Å². The van der Waals surface area contributed by atoms with Gasteiger partial charge in [-0.2, -0.15) is 0 Å². The highest BCUT2D eigenvalue weighted by Crippen LogP contribution is 2.28. The molecule has 1 aromatic heterocycles. The molecule has 0 atom stereocenters. The average Bonchev–Trinajstić information content (AvgIpc) is 3.09. The summed E-state index contributed by atoms with van der Waals surface area (Å²) in [5, 5.41) is 0.655. The zero-order valence-corrected chi connectivity index (χ0v) is 17.9. The van der Waals surface area contributed by atoms with Gasteiger partial charge in [-0.15, -0.1) is 4.73 Å². The van der Waals surface area contributed by atoms with Gasteiger partial charge in [0.15, 0.2) is 0 Å². The molecule has 0 bridgehead atoms. The number of imidazole rings is 1. The molecule has 4 rings (SSSR count). The molecule has 2 aromatic carbocycles. The summed E-state index contributed by atoms with van der Waals surface area (Å²) < 4.78 is 1.50. The molecule has 1 amide bonds. The van der Waals surface area contributed by atoms with E-state index < -0.39 is 0 Å². The molecule has 156 valence electrons. The van der Waals surface area contributed by atoms with Gasteiger partial charge in [0.1, 0.15) is 5.52 Å². The third-order valence-electron chi connectivity index (χ3n) is 5.14. The van der Waals surface area contributed by atoms with Crippen molar-refractivity contribution in [2.24, 2.45) is 0 Å². The van der Waals surface area contributed by atoms with E-state index in [1.54, 1.807) is 11.8 Å². The van der Waals surface area contributed by atoms with Crippen LogP contribution in [0.1, 0.15) is 38.2 Å². The van der Waals surface area contributed by atoms with Crippen LogP contribution in [-0.4, -0.2) is 33.9 Å². The van der Waals surface area contributed by atoms with Crippen molar-refractivity contribution in [1.29, 1.82) is 0 Å². The van der Waals surface area contributed by atoms with Gasteiger partial charge in [-0.1, -0.05) is 42.1 Å². The molecule has 30 heavy (non-hydrogen) atoms. The van der Waals surface area contributed by atoms with E-state index in [1.807, 2.05) is 47.4 Å². The zero-order valence-electron chi connectivity index (χ0n) is 17.0. The summed E-state index contributed by atoms with van der Waals surface area (Å²) in [4.78, 5) is 36.1. The number of aromatic nitrogens is 2. The molecule has 0 saturated heterocycles. The number of rotatable bonds is 7. The van der Waals surface area contributed by atoms with Crippen molar-refractivity contribution < 1.29 is 14.4 Å². The van der Waals surface area contributed by atoms with Crippen molar-refractivity contribution in [3.63, 3.8) is 0 Å². The minimum absolute atomic E-state index is 0.194. The van der Waals surface area contributed by atoms with Crippen LogP contribution in [0, 0.1) is 0 Å². The number of carbonyl (C=O) groups is 2. The van der Waals surface area contributed by atoms with Crippen molar-refractivity contribution in [3.05, 3.63) is 54.1 Å². The fourth-order valence-electron chi connectivity index (χ4n) is 3.76. The first-order valence-electron chi connectivity index (χ1n) is 10.3. The van der Waals surface area contributed by atoms with Crippen molar-refractivity contribution >= 4 is 40.4 Å². The van der Waals surface area contributed by atoms with Crippen LogP contribution in [0.3, 0.4) is 0 Å². The molecule has 0 N–H and O–H groups in total. The van der Waals surface area contributed by atoms with Gasteiger partial charge in [0, 0.05) is 31.3 Å². The highest BCUT2D eigenvalue weighted by molar-refractivity contribution is 7.99. The number of hydrogen-bond acceptors (Lipinski definition) is 5. The van der Waals surface area contributed by atoms with E-state index in [2.05, 4.69) is 11.1 Å². The van der Waals surface area contributed by atoms with Gasteiger partial charge >= 0.3 is 5.97 Å². The van der Waals surface area contributed by atoms with E-state index in [-0.39, 0.29) is 11.9 Å². The SMILES string of the molecule is CC(=O)On1c(SCCCCC(=O)N2CCCc3ccccc32)nc2ccccc21. The first-order valence-corrected chi connectivity index (χ1v) is 11.3. The Morgan fingerprint density at radius 2 is 1.90 bits per heavy atom. The van der Waals surface area contributed by atoms with Gasteiger partial charge in [0.05, 0.1) is 5.52 Å². The molecule has 6 nitrogen and oxygen atoms in total. The number of fused-ring (bicyclic) bond motifs is 2. The number of anilines is 1. The molecule has 7 heteroatoms. The quantitative estimate of drug-likeness (QED) is 0.420. The molecule has 0 spiro atoms. The number of unbranched alkanes of at least 4 members (excludes halogenated alkanes) is 1. The molecule has 0 unspecified atom stereocenters. The van der Waals surface area contributed by atoms with E-state index in [9.17, 15) is 9.59 Å². The Balaban J connectivity index is 1.31. The molecule has 2 heterocycles. The van der Waals surface area contributed by atoms with E-state index >= 15 is 0 Å². The Morgan fingerprint density at radius 3 is 2.77 bits per heavy atom. The monoisotopic (exact) mass is 423 g/mol. The van der Waals surface area contributed by atoms with Gasteiger partial charge < -0.3 is 9.74 Å². The summed E-state index contributed by atoms with van der Waals surface area (Å²) in [5.74, 6) is 0.612. The zero-order chi connectivity index (χ0) is 20.9. The number of hydrogen-bond donors (Lipinski definition) is 0. The number of aryl methyl sites for hydroxylation is 1. The summed E-state index contributed by atoms with van der Waals surface area (Å²) in [7, 11) is 0. The normalized spacial score (nSPS) is 13.3. The standard InChI is InChI=1S/C23H25N3O3S/c1-17(27)29-26-21-13-5-3-11-19(21)24-23(26)30-16-7-6-14-22(28)25-15-8-10-18-9-2-4-12-20(18)25/h2-5,9,11-13H,6-8,10,14-16H2,1H3. The van der Waals surface area contributed by atoms with Gasteiger partial charge in [-0.05, 0) is 49.4 Å².